The van der Waals surface area contributed by atoms with Gasteiger partial charge in [0, 0.05) is 30.4 Å². The van der Waals surface area contributed by atoms with Gasteiger partial charge in [-0.3, -0.25) is 4.72 Å². The van der Waals surface area contributed by atoms with E-state index in [1.54, 1.807) is 60.9 Å². The van der Waals surface area contributed by atoms with Gasteiger partial charge in [-0.15, -0.1) is 0 Å². The fraction of sp³-hybridized carbons (Fsp3) is 0.296. The zero-order valence-corrected chi connectivity index (χ0v) is 22.7. The lowest BCUT2D eigenvalue weighted by atomic mass is 9.99. The number of anilines is 1. The Kier molecular flexibility index (Phi) is 8.48. The number of aryl methyl sites for hydroxylation is 1. The number of pyridine rings is 1. The van der Waals surface area contributed by atoms with Crippen LogP contribution < -0.4 is 14.8 Å². The maximum atomic E-state index is 12.6. The fourth-order valence-electron chi connectivity index (χ4n) is 3.89. The van der Waals surface area contributed by atoms with Gasteiger partial charge >= 0.3 is 6.16 Å². The molecule has 1 atom stereocenters. The Bertz CT molecular complexity index is 1540. The summed E-state index contributed by atoms with van der Waals surface area (Å²) in [5.74, 6) is 0.104. The first-order chi connectivity index (χ1) is 18.6. The third kappa shape index (κ3) is 7.31. The fourth-order valence-corrected chi connectivity index (χ4v) is 4.96. The Balaban J connectivity index is 1.33. The molecule has 0 aliphatic carbocycles. The third-order valence-corrected chi connectivity index (χ3v) is 7.54. The molecule has 0 saturated heterocycles. The van der Waals surface area contributed by atoms with Crippen molar-refractivity contribution in [2.75, 3.05) is 18.4 Å². The van der Waals surface area contributed by atoms with Crippen molar-refractivity contribution in [2.45, 2.75) is 43.4 Å². The van der Waals surface area contributed by atoms with Crippen molar-refractivity contribution in [2.24, 2.45) is 0 Å². The van der Waals surface area contributed by atoms with Gasteiger partial charge in [0.1, 0.15) is 0 Å². The van der Waals surface area contributed by atoms with Crippen LogP contribution in [0.4, 0.5) is 10.5 Å². The number of aliphatic hydroxyl groups is 1. The van der Waals surface area contributed by atoms with Gasteiger partial charge in [-0.25, -0.2) is 18.2 Å². The number of nitrogens with zero attached hydrogens (tertiary/aromatic N) is 3. The predicted octanol–water partition coefficient (Wildman–Crippen LogP) is 3.87. The van der Waals surface area contributed by atoms with E-state index < -0.39 is 22.3 Å². The van der Waals surface area contributed by atoms with Crippen molar-refractivity contribution >= 4 is 33.0 Å². The van der Waals surface area contributed by atoms with Crippen molar-refractivity contribution in [3.05, 3.63) is 78.6 Å². The largest absolute Gasteiger partial charge is 0.514 e. The second kappa shape index (κ2) is 11.8. The first-order valence-corrected chi connectivity index (χ1v) is 13.7. The maximum Gasteiger partial charge on any atom is 0.514 e. The van der Waals surface area contributed by atoms with Gasteiger partial charge in [-0.05, 0) is 56.2 Å². The molecule has 4 rings (SSSR count). The molecule has 2 heterocycles. The van der Waals surface area contributed by atoms with E-state index in [1.807, 2.05) is 18.4 Å². The molecule has 0 aliphatic heterocycles. The summed E-state index contributed by atoms with van der Waals surface area (Å²) < 4.78 is 39.2. The minimum Gasteiger partial charge on any atom is -0.437 e. The topological polar surface area (TPSA) is 145 Å². The molecule has 0 amide bonds. The zero-order chi connectivity index (χ0) is 28.0. The highest BCUT2D eigenvalue weighted by Crippen LogP contribution is 2.22. The highest BCUT2D eigenvalue weighted by Gasteiger charge is 2.21. The van der Waals surface area contributed by atoms with Gasteiger partial charge in [0.05, 0.1) is 30.0 Å². The van der Waals surface area contributed by atoms with Crippen LogP contribution in [0.15, 0.2) is 78.0 Å². The van der Waals surface area contributed by atoms with Crippen molar-refractivity contribution in [3.8, 4) is 5.88 Å². The Hall–Kier alpha value is -4.00. The monoisotopic (exact) mass is 553 g/mol. The lowest BCUT2D eigenvalue weighted by molar-refractivity contribution is 0.120. The molecule has 206 valence electrons. The highest BCUT2D eigenvalue weighted by atomic mass is 32.2. The minimum absolute atomic E-state index is 0.104. The standard InChI is InChI=1S/C27H31N5O6S/c1-27(2,14-15-32-18-28-25-22(32)12-13-24(30-25)38-26(34)37-3)29-17-23(33)19-8-7-9-20(16-19)31-39(35,36)21-10-5-4-6-11-21/h4-13,16,18,23,29,31,33H,14-15,17H2,1-3H3. The van der Waals surface area contributed by atoms with E-state index >= 15 is 0 Å². The first-order valence-electron chi connectivity index (χ1n) is 12.2. The molecule has 0 spiro atoms. The van der Waals surface area contributed by atoms with Crippen molar-refractivity contribution < 1.29 is 27.8 Å². The summed E-state index contributed by atoms with van der Waals surface area (Å²) in [4.78, 5) is 20.0. The van der Waals surface area contributed by atoms with Crippen LogP contribution in [0.25, 0.3) is 11.2 Å². The minimum atomic E-state index is -3.73. The number of nitrogens with one attached hydrogen (secondary N) is 2. The summed E-state index contributed by atoms with van der Waals surface area (Å²) in [5.41, 5.74) is 1.85. The smallest absolute Gasteiger partial charge is 0.437 e. The van der Waals surface area contributed by atoms with E-state index in [9.17, 15) is 18.3 Å². The number of benzene rings is 2. The Morgan fingerprint density at radius 2 is 1.87 bits per heavy atom. The molecule has 1 unspecified atom stereocenters. The number of carbonyl (C=O) groups is 1. The van der Waals surface area contributed by atoms with Crippen LogP contribution in [-0.2, 0) is 21.3 Å². The average molecular weight is 554 g/mol. The van der Waals surface area contributed by atoms with Gasteiger partial charge in [-0.1, -0.05) is 30.3 Å². The molecule has 12 heteroatoms. The number of β-amino-alcohol motifs (C(OH)–C–C–N with tert-alkyl or cyclic N) is 1. The van der Waals surface area contributed by atoms with E-state index in [0.717, 1.165) is 5.52 Å². The molecule has 0 fully saturated rings. The number of ether oxygens (including phenoxy) is 2. The second-order valence-electron chi connectivity index (χ2n) is 9.56. The van der Waals surface area contributed by atoms with E-state index in [0.29, 0.717) is 29.9 Å². The SMILES string of the molecule is COC(=O)Oc1ccc2c(ncn2CCC(C)(C)NCC(O)c2cccc(NS(=O)(=O)c3ccccc3)c2)n1. The molecule has 2 aromatic carbocycles. The lowest BCUT2D eigenvalue weighted by Crippen LogP contribution is -2.42. The number of sulfonamides is 1. The van der Waals surface area contributed by atoms with Crippen molar-refractivity contribution in [1.29, 1.82) is 0 Å². The van der Waals surface area contributed by atoms with Crippen molar-refractivity contribution in [1.82, 2.24) is 19.9 Å². The number of methoxy groups -OCH3 is 1. The van der Waals surface area contributed by atoms with Crippen LogP contribution in [0.5, 0.6) is 5.88 Å². The predicted molar refractivity (Wildman–Crippen MR) is 146 cm³/mol. The Labute approximate surface area is 226 Å². The molecule has 11 nitrogen and oxygen atoms in total. The number of carbonyl (C=O) groups excluding carboxylic acids is 1. The molecular formula is C27H31N5O6S. The number of hydrogen-bond acceptors (Lipinski definition) is 9. The molecule has 0 bridgehead atoms. The van der Waals surface area contributed by atoms with Crippen molar-refractivity contribution in [3.63, 3.8) is 0 Å². The van der Waals surface area contributed by atoms with E-state index in [4.69, 9.17) is 4.74 Å². The van der Waals surface area contributed by atoms with Crippen LogP contribution in [0.1, 0.15) is 31.9 Å². The van der Waals surface area contributed by atoms with E-state index in [2.05, 4.69) is 24.7 Å². The number of aromatic nitrogens is 3. The summed E-state index contributed by atoms with van der Waals surface area (Å²) in [6.07, 6.45) is 0.683. The van der Waals surface area contributed by atoms with Crippen LogP contribution in [-0.4, -0.2) is 53.4 Å². The number of rotatable bonds is 11. The summed E-state index contributed by atoms with van der Waals surface area (Å²) in [5, 5.41) is 14.2. The van der Waals surface area contributed by atoms with Gasteiger partial charge in [0.25, 0.3) is 10.0 Å². The number of hydrogen-bond donors (Lipinski definition) is 3. The van der Waals surface area contributed by atoms with Crippen LogP contribution in [0.2, 0.25) is 0 Å². The summed E-state index contributed by atoms with van der Waals surface area (Å²) >= 11 is 0. The van der Waals surface area contributed by atoms with Crippen LogP contribution in [0.3, 0.4) is 0 Å². The third-order valence-electron chi connectivity index (χ3n) is 6.14. The van der Waals surface area contributed by atoms with Gasteiger partial charge in [0.15, 0.2) is 5.65 Å². The highest BCUT2D eigenvalue weighted by molar-refractivity contribution is 7.92. The quantitative estimate of drug-likeness (QED) is 0.236. The summed E-state index contributed by atoms with van der Waals surface area (Å²) in [6, 6.07) is 18.2. The molecule has 0 saturated carbocycles. The van der Waals surface area contributed by atoms with E-state index in [-0.39, 0.29) is 22.9 Å². The van der Waals surface area contributed by atoms with Gasteiger partial charge in [-0.2, -0.15) is 4.98 Å². The number of fused-ring (bicyclic) bond motifs is 1. The Morgan fingerprint density at radius 3 is 2.62 bits per heavy atom. The summed E-state index contributed by atoms with van der Waals surface area (Å²) in [6.45, 7) is 4.96. The molecular weight excluding hydrogens is 522 g/mol. The van der Waals surface area contributed by atoms with E-state index in [1.165, 1.54) is 19.2 Å². The molecule has 0 radical (unpaired) electrons. The van der Waals surface area contributed by atoms with Crippen LogP contribution in [0, 0.1) is 0 Å². The van der Waals surface area contributed by atoms with Gasteiger partial charge < -0.3 is 24.5 Å². The van der Waals surface area contributed by atoms with Crippen LogP contribution >= 0.6 is 0 Å². The average Bonchev–Trinajstić information content (AvgIpc) is 3.33. The molecule has 2 aromatic heterocycles. The lowest BCUT2D eigenvalue weighted by Gasteiger charge is -2.28. The molecule has 3 N–H and O–H groups in total. The van der Waals surface area contributed by atoms with Gasteiger partial charge in [0.2, 0.25) is 5.88 Å². The number of imidazole rings is 1. The number of aliphatic hydroxyl groups excluding tert-OH is 1. The molecule has 4 aromatic rings. The zero-order valence-electron chi connectivity index (χ0n) is 21.9. The normalized spacial score (nSPS) is 12.7. The molecule has 0 aliphatic rings. The Morgan fingerprint density at radius 1 is 1.10 bits per heavy atom. The first kappa shape index (κ1) is 28.0. The second-order valence-corrected chi connectivity index (χ2v) is 11.2. The summed E-state index contributed by atoms with van der Waals surface area (Å²) in [7, 11) is -2.51. The molecule has 39 heavy (non-hydrogen) atoms. The maximum absolute atomic E-state index is 12.6.